The molecule has 11 heteroatoms. The van der Waals surface area contributed by atoms with Gasteiger partial charge in [0.1, 0.15) is 11.3 Å². The molecule has 0 spiro atoms. The molecule has 4 aromatic rings. The first-order chi connectivity index (χ1) is 14.6. The number of tetrazole rings is 1. The first kappa shape index (κ1) is 19.7. The van der Waals surface area contributed by atoms with E-state index < -0.39 is 5.91 Å². The Morgan fingerprint density at radius 3 is 2.60 bits per heavy atom. The highest BCUT2D eigenvalue weighted by atomic mass is 35.5. The largest absolute Gasteiger partial charge is 0.273 e. The molecule has 0 radical (unpaired) electrons. The van der Waals surface area contributed by atoms with Crippen molar-refractivity contribution < 1.29 is 9.59 Å². The number of hydrogen-bond donors (Lipinski definition) is 2. The molecule has 2 heterocycles. The molecule has 2 aromatic heterocycles. The van der Waals surface area contributed by atoms with Crippen LogP contribution in [0.25, 0.3) is 16.3 Å². The molecule has 0 aliphatic rings. The Kier molecular flexibility index (Phi) is 5.77. The van der Waals surface area contributed by atoms with E-state index in [0.29, 0.717) is 22.0 Å². The molecular formula is C19H14ClN7O2S. The van der Waals surface area contributed by atoms with E-state index in [4.69, 9.17) is 11.6 Å². The Morgan fingerprint density at radius 2 is 1.87 bits per heavy atom. The van der Waals surface area contributed by atoms with Gasteiger partial charge in [0.25, 0.3) is 5.91 Å². The van der Waals surface area contributed by atoms with E-state index in [2.05, 4.69) is 31.4 Å². The van der Waals surface area contributed by atoms with Crippen molar-refractivity contribution >= 4 is 34.8 Å². The highest BCUT2D eigenvalue weighted by Gasteiger charge is 2.12. The van der Waals surface area contributed by atoms with Crippen LogP contribution < -0.4 is 10.9 Å². The lowest BCUT2D eigenvalue weighted by atomic mass is 10.2. The van der Waals surface area contributed by atoms with Crippen LogP contribution in [0.3, 0.4) is 0 Å². The quantitative estimate of drug-likeness (QED) is 0.461. The van der Waals surface area contributed by atoms with E-state index in [0.717, 1.165) is 10.6 Å². The van der Waals surface area contributed by atoms with E-state index >= 15 is 0 Å². The van der Waals surface area contributed by atoms with Crippen molar-refractivity contribution in [2.24, 2.45) is 0 Å². The minimum Gasteiger partial charge on any atom is -0.273 e. The summed E-state index contributed by atoms with van der Waals surface area (Å²) >= 11 is 7.59. The van der Waals surface area contributed by atoms with Gasteiger partial charge in [0.05, 0.1) is 22.8 Å². The summed E-state index contributed by atoms with van der Waals surface area (Å²) < 4.78 is 1.47. The van der Waals surface area contributed by atoms with Crippen molar-refractivity contribution in [2.75, 3.05) is 0 Å². The average Bonchev–Trinajstić information content (AvgIpc) is 3.45. The number of rotatable bonds is 5. The van der Waals surface area contributed by atoms with E-state index in [-0.39, 0.29) is 12.3 Å². The maximum atomic E-state index is 12.2. The maximum absolute atomic E-state index is 12.2. The third kappa shape index (κ3) is 4.50. The third-order valence-corrected chi connectivity index (χ3v) is 5.31. The van der Waals surface area contributed by atoms with Crippen molar-refractivity contribution in [3.8, 4) is 16.3 Å². The van der Waals surface area contributed by atoms with E-state index in [1.165, 1.54) is 22.3 Å². The molecule has 0 saturated carbocycles. The molecule has 0 fully saturated rings. The summed E-state index contributed by atoms with van der Waals surface area (Å²) in [5.41, 5.74) is 7.27. The molecule has 0 saturated heterocycles. The Labute approximate surface area is 179 Å². The average molecular weight is 440 g/mol. The van der Waals surface area contributed by atoms with Gasteiger partial charge < -0.3 is 0 Å². The molecule has 0 atom stereocenters. The lowest BCUT2D eigenvalue weighted by Gasteiger charge is -2.07. The van der Waals surface area contributed by atoms with Gasteiger partial charge in [-0.15, -0.1) is 16.4 Å². The Bertz CT molecular complexity index is 1180. The molecule has 30 heavy (non-hydrogen) atoms. The van der Waals surface area contributed by atoms with Gasteiger partial charge in [0.2, 0.25) is 5.91 Å². The summed E-state index contributed by atoms with van der Waals surface area (Å²) in [6.45, 7) is 0. The number of aromatic nitrogens is 5. The molecule has 2 N–H and O–H groups in total. The number of benzene rings is 2. The van der Waals surface area contributed by atoms with Crippen molar-refractivity contribution in [2.45, 2.75) is 6.42 Å². The second-order valence-electron chi connectivity index (χ2n) is 6.10. The van der Waals surface area contributed by atoms with Crippen LogP contribution >= 0.6 is 22.9 Å². The highest BCUT2D eigenvalue weighted by Crippen LogP contribution is 2.30. The number of carbonyl (C=O) groups excluding carboxylic acids is 2. The second kappa shape index (κ2) is 8.80. The van der Waals surface area contributed by atoms with Crippen LogP contribution in [0.5, 0.6) is 0 Å². The summed E-state index contributed by atoms with van der Waals surface area (Å²) in [7, 11) is 0. The molecule has 2 amide bonds. The monoisotopic (exact) mass is 439 g/mol. The second-order valence-corrected chi connectivity index (χ2v) is 7.37. The van der Waals surface area contributed by atoms with Crippen molar-refractivity contribution in [3.05, 3.63) is 76.5 Å². The Hall–Kier alpha value is -3.63. The lowest BCUT2D eigenvalue weighted by molar-refractivity contribution is -0.121. The number of amides is 2. The summed E-state index contributed by atoms with van der Waals surface area (Å²) in [6, 6.07) is 14.0. The van der Waals surface area contributed by atoms with Crippen LogP contribution in [0.4, 0.5) is 0 Å². The van der Waals surface area contributed by atoms with E-state index in [9.17, 15) is 9.59 Å². The zero-order valence-electron chi connectivity index (χ0n) is 15.3. The fourth-order valence-electron chi connectivity index (χ4n) is 2.60. The summed E-state index contributed by atoms with van der Waals surface area (Å²) in [5.74, 6) is -0.827. The van der Waals surface area contributed by atoms with E-state index in [1.54, 1.807) is 35.7 Å². The van der Waals surface area contributed by atoms with Crippen LogP contribution in [-0.2, 0) is 11.2 Å². The number of thiazole rings is 1. The number of halogens is 1. The molecule has 0 aliphatic heterocycles. The SMILES string of the molecule is O=C(Cc1csc(-c2ccccc2Cl)n1)NNC(=O)c1ccc(-n2cnnn2)cc1. The van der Waals surface area contributed by atoms with Gasteiger partial charge in [-0.2, -0.15) is 0 Å². The third-order valence-electron chi connectivity index (χ3n) is 4.06. The number of hydrazine groups is 1. The first-order valence-corrected chi connectivity index (χ1v) is 9.98. The fourth-order valence-corrected chi connectivity index (χ4v) is 3.74. The Morgan fingerprint density at radius 1 is 1.07 bits per heavy atom. The first-order valence-electron chi connectivity index (χ1n) is 8.72. The number of nitrogens with one attached hydrogen (secondary N) is 2. The maximum Gasteiger partial charge on any atom is 0.269 e. The minimum absolute atomic E-state index is 0.0273. The topological polar surface area (TPSA) is 115 Å². The van der Waals surface area contributed by atoms with E-state index in [1.807, 2.05) is 18.2 Å². The highest BCUT2D eigenvalue weighted by molar-refractivity contribution is 7.13. The summed E-state index contributed by atoms with van der Waals surface area (Å²) in [4.78, 5) is 28.8. The zero-order chi connectivity index (χ0) is 20.9. The van der Waals surface area contributed by atoms with Gasteiger partial charge in [0.15, 0.2) is 0 Å². The number of carbonyl (C=O) groups is 2. The van der Waals surface area contributed by atoms with Gasteiger partial charge in [-0.3, -0.25) is 20.4 Å². The van der Waals surface area contributed by atoms with Crippen molar-refractivity contribution in [1.82, 2.24) is 36.0 Å². The smallest absolute Gasteiger partial charge is 0.269 e. The standard InChI is InChI=1S/C19H14ClN7O2S/c20-16-4-2-1-3-15(16)19-22-13(10-30-19)9-17(28)23-24-18(29)12-5-7-14(8-6-12)27-11-21-25-26-27/h1-8,10-11H,9H2,(H,23,28)(H,24,29). The molecular weight excluding hydrogens is 426 g/mol. The molecule has 2 aromatic carbocycles. The predicted molar refractivity (Wildman–Crippen MR) is 111 cm³/mol. The molecule has 9 nitrogen and oxygen atoms in total. The molecule has 0 bridgehead atoms. The lowest BCUT2D eigenvalue weighted by Crippen LogP contribution is -2.42. The van der Waals surface area contributed by atoms with Gasteiger partial charge >= 0.3 is 0 Å². The normalized spacial score (nSPS) is 10.6. The molecule has 0 aliphatic carbocycles. The molecule has 150 valence electrons. The van der Waals surface area contributed by atoms with Crippen LogP contribution in [0.15, 0.2) is 60.2 Å². The van der Waals surface area contributed by atoms with Crippen molar-refractivity contribution in [3.63, 3.8) is 0 Å². The van der Waals surface area contributed by atoms with Gasteiger partial charge in [-0.25, -0.2) is 9.67 Å². The van der Waals surface area contributed by atoms with Gasteiger partial charge in [-0.1, -0.05) is 29.8 Å². The van der Waals surface area contributed by atoms with Crippen LogP contribution in [0, 0.1) is 0 Å². The fraction of sp³-hybridized carbons (Fsp3) is 0.0526. The zero-order valence-corrected chi connectivity index (χ0v) is 16.9. The minimum atomic E-state index is -0.443. The number of nitrogens with zero attached hydrogens (tertiary/aromatic N) is 5. The van der Waals surface area contributed by atoms with Crippen LogP contribution in [0.1, 0.15) is 16.1 Å². The van der Waals surface area contributed by atoms with Crippen LogP contribution in [0.2, 0.25) is 5.02 Å². The van der Waals surface area contributed by atoms with Crippen molar-refractivity contribution in [1.29, 1.82) is 0 Å². The predicted octanol–water partition coefficient (Wildman–Crippen LogP) is 2.44. The van der Waals surface area contributed by atoms with Crippen LogP contribution in [-0.4, -0.2) is 37.0 Å². The molecule has 0 unspecified atom stereocenters. The van der Waals surface area contributed by atoms with Gasteiger partial charge in [0, 0.05) is 16.5 Å². The number of hydrogen-bond acceptors (Lipinski definition) is 7. The van der Waals surface area contributed by atoms with Gasteiger partial charge in [-0.05, 0) is 40.8 Å². The summed E-state index contributed by atoms with van der Waals surface area (Å²) in [5, 5.41) is 14.0. The molecule has 4 rings (SSSR count). The summed E-state index contributed by atoms with van der Waals surface area (Å²) in [6.07, 6.45) is 1.48. The Balaban J connectivity index is 1.32.